The van der Waals surface area contributed by atoms with E-state index in [9.17, 15) is 14.0 Å². The maximum atomic E-state index is 12.9. The van der Waals surface area contributed by atoms with Gasteiger partial charge in [-0.05, 0) is 37.1 Å². The molecule has 0 aliphatic carbocycles. The number of thioether (sulfide) groups is 1. The Labute approximate surface area is 140 Å². The molecule has 126 valence electrons. The SMILES string of the molecule is CC(=O)NC(CSc1ccc(F)cc1)C(=O)N1CCCCCC1. The Morgan fingerprint density at radius 3 is 2.35 bits per heavy atom. The Morgan fingerprint density at radius 1 is 1.17 bits per heavy atom. The summed E-state index contributed by atoms with van der Waals surface area (Å²) in [6.07, 6.45) is 4.34. The van der Waals surface area contributed by atoms with E-state index in [-0.39, 0.29) is 17.6 Å². The lowest BCUT2D eigenvalue weighted by Crippen LogP contribution is -2.49. The number of likely N-dealkylation sites (tertiary alicyclic amines) is 1. The molecule has 1 saturated heterocycles. The summed E-state index contributed by atoms with van der Waals surface area (Å²) >= 11 is 1.45. The number of nitrogens with zero attached hydrogens (tertiary/aromatic N) is 1. The van der Waals surface area contributed by atoms with Gasteiger partial charge in [0.15, 0.2) is 0 Å². The van der Waals surface area contributed by atoms with Crippen LogP contribution in [0, 0.1) is 5.82 Å². The Balaban J connectivity index is 1.98. The van der Waals surface area contributed by atoms with Gasteiger partial charge in [0.05, 0.1) is 0 Å². The Bertz CT molecular complexity index is 528. The fourth-order valence-corrected chi connectivity index (χ4v) is 3.56. The summed E-state index contributed by atoms with van der Waals surface area (Å²) in [5.41, 5.74) is 0. The van der Waals surface area contributed by atoms with Gasteiger partial charge < -0.3 is 10.2 Å². The second-order valence-corrected chi connectivity index (χ2v) is 6.85. The third-order valence-electron chi connectivity index (χ3n) is 3.82. The van der Waals surface area contributed by atoms with Crippen LogP contribution in [0.4, 0.5) is 4.39 Å². The van der Waals surface area contributed by atoms with E-state index in [1.54, 1.807) is 12.1 Å². The number of hydrogen-bond acceptors (Lipinski definition) is 3. The molecule has 1 N–H and O–H groups in total. The zero-order valence-electron chi connectivity index (χ0n) is 13.4. The first kappa shape index (κ1) is 17.8. The zero-order chi connectivity index (χ0) is 16.7. The molecule has 23 heavy (non-hydrogen) atoms. The highest BCUT2D eigenvalue weighted by Gasteiger charge is 2.25. The van der Waals surface area contributed by atoms with Crippen molar-refractivity contribution in [3.05, 3.63) is 30.1 Å². The third-order valence-corrected chi connectivity index (χ3v) is 4.93. The summed E-state index contributed by atoms with van der Waals surface area (Å²) in [7, 11) is 0. The van der Waals surface area contributed by atoms with Crippen LogP contribution < -0.4 is 5.32 Å². The summed E-state index contributed by atoms with van der Waals surface area (Å²) in [5, 5.41) is 2.75. The van der Waals surface area contributed by atoms with Crippen LogP contribution in [0.25, 0.3) is 0 Å². The zero-order valence-corrected chi connectivity index (χ0v) is 14.2. The first-order chi connectivity index (χ1) is 11.1. The number of benzene rings is 1. The maximum Gasteiger partial charge on any atom is 0.246 e. The number of hydrogen-bond donors (Lipinski definition) is 1. The van der Waals surface area contributed by atoms with Crippen molar-refractivity contribution in [2.45, 2.75) is 43.5 Å². The standard InChI is InChI=1S/C17H23FN2O2S/c1-13(21)19-16(12-23-15-8-6-14(18)7-9-15)17(22)20-10-4-2-3-5-11-20/h6-9,16H,2-5,10-12H2,1H3,(H,19,21). The van der Waals surface area contributed by atoms with Crippen LogP contribution in [0.5, 0.6) is 0 Å². The molecule has 1 fully saturated rings. The summed E-state index contributed by atoms with van der Waals surface area (Å²) < 4.78 is 12.9. The lowest BCUT2D eigenvalue weighted by Gasteiger charge is -2.26. The monoisotopic (exact) mass is 338 g/mol. The summed E-state index contributed by atoms with van der Waals surface area (Å²) in [5.74, 6) is -0.0661. The Morgan fingerprint density at radius 2 is 1.78 bits per heavy atom. The molecule has 0 radical (unpaired) electrons. The van der Waals surface area contributed by atoms with Gasteiger partial charge in [-0.2, -0.15) is 0 Å². The van der Waals surface area contributed by atoms with Crippen molar-refractivity contribution in [2.24, 2.45) is 0 Å². The van der Waals surface area contributed by atoms with Crippen LogP contribution in [0.2, 0.25) is 0 Å². The fourth-order valence-electron chi connectivity index (χ4n) is 2.64. The predicted molar refractivity (Wildman–Crippen MR) is 89.8 cm³/mol. The molecule has 1 atom stereocenters. The van der Waals surface area contributed by atoms with Crippen LogP contribution in [0.3, 0.4) is 0 Å². The van der Waals surface area contributed by atoms with E-state index < -0.39 is 6.04 Å². The van der Waals surface area contributed by atoms with E-state index in [1.165, 1.54) is 30.8 Å². The van der Waals surface area contributed by atoms with Crippen molar-refractivity contribution in [1.82, 2.24) is 10.2 Å². The summed E-state index contributed by atoms with van der Waals surface area (Å²) in [6.45, 7) is 2.94. The van der Waals surface area contributed by atoms with Crippen LogP contribution in [0.15, 0.2) is 29.2 Å². The fraction of sp³-hybridized carbons (Fsp3) is 0.529. The first-order valence-electron chi connectivity index (χ1n) is 8.00. The number of nitrogens with one attached hydrogen (secondary N) is 1. The van der Waals surface area contributed by atoms with Gasteiger partial charge in [-0.25, -0.2) is 4.39 Å². The number of amides is 2. The molecule has 0 saturated carbocycles. The highest BCUT2D eigenvalue weighted by Crippen LogP contribution is 2.20. The smallest absolute Gasteiger partial charge is 0.246 e. The minimum atomic E-state index is -0.541. The van der Waals surface area contributed by atoms with Crippen LogP contribution in [-0.2, 0) is 9.59 Å². The molecule has 0 bridgehead atoms. The molecule has 1 unspecified atom stereocenters. The summed E-state index contributed by atoms with van der Waals surface area (Å²) in [4.78, 5) is 26.9. The van der Waals surface area contributed by atoms with E-state index in [4.69, 9.17) is 0 Å². The Kier molecular flexibility index (Phi) is 6.89. The quantitative estimate of drug-likeness (QED) is 0.840. The third kappa shape index (κ3) is 5.86. The molecule has 1 aromatic rings. The number of rotatable bonds is 5. The van der Waals surface area contributed by atoms with E-state index in [0.717, 1.165) is 43.7 Å². The van der Waals surface area contributed by atoms with E-state index in [1.807, 2.05) is 4.90 Å². The molecule has 2 amide bonds. The van der Waals surface area contributed by atoms with Gasteiger partial charge in [0.25, 0.3) is 0 Å². The normalized spacial score (nSPS) is 16.5. The largest absolute Gasteiger partial charge is 0.344 e. The molecule has 1 aromatic carbocycles. The molecule has 1 aliphatic rings. The van der Waals surface area contributed by atoms with Crippen molar-refractivity contribution in [2.75, 3.05) is 18.8 Å². The molecular formula is C17H23FN2O2S. The first-order valence-corrected chi connectivity index (χ1v) is 8.99. The van der Waals surface area contributed by atoms with Crippen LogP contribution in [0.1, 0.15) is 32.6 Å². The molecule has 0 spiro atoms. The number of carbonyl (C=O) groups is 2. The molecule has 0 aromatic heterocycles. The minimum absolute atomic E-state index is 0.0169. The van der Waals surface area contributed by atoms with Gasteiger partial charge in [-0.3, -0.25) is 9.59 Å². The van der Waals surface area contributed by atoms with Gasteiger partial charge in [0, 0.05) is 30.7 Å². The number of halogens is 1. The predicted octanol–water partition coefficient (Wildman–Crippen LogP) is 2.83. The Hall–Kier alpha value is -1.56. The maximum absolute atomic E-state index is 12.9. The van der Waals surface area contributed by atoms with Crippen molar-refractivity contribution in [3.8, 4) is 0 Å². The van der Waals surface area contributed by atoms with E-state index in [2.05, 4.69) is 5.32 Å². The number of carbonyl (C=O) groups excluding carboxylic acids is 2. The average molecular weight is 338 g/mol. The lowest BCUT2D eigenvalue weighted by molar-refractivity contribution is -0.135. The molecule has 6 heteroatoms. The second kappa shape index (κ2) is 8.91. The van der Waals surface area contributed by atoms with E-state index in [0.29, 0.717) is 5.75 Å². The van der Waals surface area contributed by atoms with Gasteiger partial charge in [0.1, 0.15) is 11.9 Å². The highest BCUT2D eigenvalue weighted by atomic mass is 32.2. The van der Waals surface area contributed by atoms with E-state index >= 15 is 0 Å². The molecular weight excluding hydrogens is 315 g/mol. The summed E-state index contributed by atoms with van der Waals surface area (Å²) in [6, 6.07) is 5.61. The molecule has 1 aliphatic heterocycles. The van der Waals surface area contributed by atoms with Crippen molar-refractivity contribution in [1.29, 1.82) is 0 Å². The average Bonchev–Trinajstić information content (AvgIpc) is 2.81. The minimum Gasteiger partial charge on any atom is -0.344 e. The van der Waals surface area contributed by atoms with Gasteiger partial charge in [-0.15, -0.1) is 11.8 Å². The van der Waals surface area contributed by atoms with Crippen LogP contribution in [-0.4, -0.2) is 41.6 Å². The molecule has 2 rings (SSSR count). The van der Waals surface area contributed by atoms with Gasteiger partial charge in [0.2, 0.25) is 11.8 Å². The lowest BCUT2D eigenvalue weighted by atomic mass is 10.2. The van der Waals surface area contributed by atoms with Crippen LogP contribution >= 0.6 is 11.8 Å². The highest BCUT2D eigenvalue weighted by molar-refractivity contribution is 7.99. The molecule has 4 nitrogen and oxygen atoms in total. The van der Waals surface area contributed by atoms with Crippen molar-refractivity contribution < 1.29 is 14.0 Å². The van der Waals surface area contributed by atoms with Crippen molar-refractivity contribution in [3.63, 3.8) is 0 Å². The second-order valence-electron chi connectivity index (χ2n) is 5.76. The van der Waals surface area contributed by atoms with Crippen molar-refractivity contribution >= 4 is 23.6 Å². The van der Waals surface area contributed by atoms with Gasteiger partial charge in [-0.1, -0.05) is 12.8 Å². The van der Waals surface area contributed by atoms with Gasteiger partial charge >= 0.3 is 0 Å². The topological polar surface area (TPSA) is 49.4 Å². The molecule has 1 heterocycles.